The van der Waals surface area contributed by atoms with Gasteiger partial charge in [0.05, 0.1) is 17.2 Å². The molecule has 1 aromatic heterocycles. The Morgan fingerprint density at radius 2 is 1.77 bits per heavy atom. The van der Waals surface area contributed by atoms with Gasteiger partial charge >= 0.3 is 6.09 Å². The summed E-state index contributed by atoms with van der Waals surface area (Å²) in [6.45, 7) is 15.0. The van der Waals surface area contributed by atoms with Crippen molar-refractivity contribution in [3.05, 3.63) is 16.1 Å². The van der Waals surface area contributed by atoms with Gasteiger partial charge in [0.1, 0.15) is 5.60 Å². The average molecular weight is 382 g/mol. The second kappa shape index (κ2) is 7.82. The van der Waals surface area contributed by atoms with Crippen LogP contribution in [0.3, 0.4) is 0 Å². The third-order valence-corrected chi connectivity index (χ3v) is 5.17. The number of carbonyl (C=O) groups is 1. The first-order valence-electron chi connectivity index (χ1n) is 8.93. The number of carbonyl (C=O) groups excluding carboxylic acids is 1. The van der Waals surface area contributed by atoms with E-state index in [1.54, 1.807) is 16.2 Å². The highest BCUT2D eigenvalue weighted by Crippen LogP contribution is 2.25. The number of hydrogen-bond acceptors (Lipinski definition) is 5. The Hall–Kier alpha value is -1.83. The molecule has 1 aromatic rings. The molecule has 8 heteroatoms. The molecule has 146 valence electrons. The number of piperazine rings is 1. The number of ether oxygens (including phenoxy) is 1. The normalized spacial score (nSPS) is 16.8. The van der Waals surface area contributed by atoms with Crippen LogP contribution in [0.5, 0.6) is 0 Å². The Morgan fingerprint density at radius 1 is 1.19 bits per heavy atom. The number of nitrogens with two attached hydrogens (primary N) is 1. The van der Waals surface area contributed by atoms with Crippen LogP contribution < -0.4 is 5.73 Å². The van der Waals surface area contributed by atoms with Crippen LogP contribution in [-0.2, 0) is 16.7 Å². The molecule has 0 radical (unpaired) electrons. The summed E-state index contributed by atoms with van der Waals surface area (Å²) in [7, 11) is 0. The maximum atomic E-state index is 12.1. The molecular weight excluding hydrogens is 350 g/mol. The number of thiazole rings is 1. The van der Waals surface area contributed by atoms with Crippen molar-refractivity contribution < 1.29 is 9.53 Å². The molecule has 2 heterocycles. The lowest BCUT2D eigenvalue weighted by molar-refractivity contribution is 0.0186. The van der Waals surface area contributed by atoms with Gasteiger partial charge in [0, 0.05) is 37.0 Å². The standard InChI is InChI=1S/C18H31N5O2S/c1-17(2,3)14-21-13(12-26-14)11-20-15(19)22-7-9-23(10-8-22)16(24)25-18(4,5)6/h12H,7-11H2,1-6H3,(H2,19,20). The number of guanidine groups is 1. The number of aromatic nitrogens is 1. The number of rotatable bonds is 2. The summed E-state index contributed by atoms with van der Waals surface area (Å²) in [4.78, 5) is 24.9. The topological polar surface area (TPSA) is 84.0 Å². The van der Waals surface area contributed by atoms with Gasteiger partial charge in [-0.05, 0) is 20.8 Å². The summed E-state index contributed by atoms with van der Waals surface area (Å²) < 4.78 is 5.41. The van der Waals surface area contributed by atoms with Crippen molar-refractivity contribution in [2.45, 2.75) is 59.1 Å². The molecule has 0 aliphatic carbocycles. The minimum absolute atomic E-state index is 0.0518. The van der Waals surface area contributed by atoms with Gasteiger partial charge in [-0.2, -0.15) is 0 Å². The number of nitrogens with zero attached hydrogens (tertiary/aromatic N) is 4. The van der Waals surface area contributed by atoms with Gasteiger partial charge in [0.15, 0.2) is 5.96 Å². The van der Waals surface area contributed by atoms with Crippen LogP contribution in [0.4, 0.5) is 4.79 Å². The lowest BCUT2D eigenvalue weighted by atomic mass is 9.98. The van der Waals surface area contributed by atoms with Crippen LogP contribution in [0.15, 0.2) is 10.4 Å². The van der Waals surface area contributed by atoms with Crippen molar-refractivity contribution in [1.29, 1.82) is 0 Å². The van der Waals surface area contributed by atoms with Crippen LogP contribution in [0, 0.1) is 0 Å². The van der Waals surface area contributed by atoms with Crippen molar-refractivity contribution in [2.75, 3.05) is 26.2 Å². The molecule has 2 rings (SSSR count). The van der Waals surface area contributed by atoms with Gasteiger partial charge in [0.2, 0.25) is 0 Å². The molecule has 0 saturated carbocycles. The molecule has 1 saturated heterocycles. The molecule has 0 spiro atoms. The number of hydrogen-bond donors (Lipinski definition) is 1. The first kappa shape index (κ1) is 20.5. The van der Waals surface area contributed by atoms with Gasteiger partial charge in [-0.15, -0.1) is 11.3 Å². The van der Waals surface area contributed by atoms with Crippen molar-refractivity contribution in [3.8, 4) is 0 Å². The van der Waals surface area contributed by atoms with E-state index < -0.39 is 5.60 Å². The molecule has 0 bridgehead atoms. The van der Waals surface area contributed by atoms with E-state index in [9.17, 15) is 4.79 Å². The lowest BCUT2D eigenvalue weighted by Crippen LogP contribution is -2.53. The van der Waals surface area contributed by atoms with Crippen LogP contribution in [0.2, 0.25) is 0 Å². The van der Waals surface area contributed by atoms with Gasteiger partial charge in [-0.3, -0.25) is 0 Å². The smallest absolute Gasteiger partial charge is 0.410 e. The summed E-state index contributed by atoms with van der Waals surface area (Å²) in [6, 6.07) is 0. The van der Waals surface area contributed by atoms with E-state index in [0.717, 1.165) is 10.7 Å². The largest absolute Gasteiger partial charge is 0.444 e. The molecule has 1 aliphatic heterocycles. The maximum absolute atomic E-state index is 12.1. The predicted molar refractivity (Wildman–Crippen MR) is 106 cm³/mol. The summed E-state index contributed by atoms with van der Waals surface area (Å²) in [5.41, 5.74) is 6.64. The second-order valence-electron chi connectivity index (χ2n) is 8.52. The Kier molecular flexibility index (Phi) is 6.16. The zero-order valence-electron chi connectivity index (χ0n) is 16.7. The van der Waals surface area contributed by atoms with Gasteiger partial charge in [0.25, 0.3) is 0 Å². The minimum Gasteiger partial charge on any atom is -0.444 e. The van der Waals surface area contributed by atoms with Crippen molar-refractivity contribution in [2.24, 2.45) is 10.7 Å². The molecule has 2 N–H and O–H groups in total. The van der Waals surface area contributed by atoms with E-state index in [1.807, 2.05) is 31.1 Å². The van der Waals surface area contributed by atoms with Crippen LogP contribution in [0.25, 0.3) is 0 Å². The summed E-state index contributed by atoms with van der Waals surface area (Å²) in [5.74, 6) is 0.499. The van der Waals surface area contributed by atoms with E-state index in [-0.39, 0.29) is 11.5 Å². The van der Waals surface area contributed by atoms with Crippen molar-refractivity contribution in [3.63, 3.8) is 0 Å². The molecular formula is C18H31N5O2S. The molecule has 26 heavy (non-hydrogen) atoms. The van der Waals surface area contributed by atoms with Gasteiger partial charge in [-0.25, -0.2) is 14.8 Å². The molecule has 1 amide bonds. The lowest BCUT2D eigenvalue weighted by Gasteiger charge is -2.36. The highest BCUT2D eigenvalue weighted by molar-refractivity contribution is 7.09. The zero-order chi connectivity index (χ0) is 19.5. The Balaban J connectivity index is 1.86. The molecule has 1 aliphatic rings. The fourth-order valence-corrected chi connectivity index (χ4v) is 3.33. The Labute approximate surface area is 160 Å². The third kappa shape index (κ3) is 5.86. The van der Waals surface area contributed by atoms with Crippen molar-refractivity contribution >= 4 is 23.4 Å². The van der Waals surface area contributed by atoms with E-state index in [2.05, 4.69) is 30.7 Å². The second-order valence-corrected chi connectivity index (χ2v) is 9.38. The molecule has 0 atom stereocenters. The number of amides is 1. The van der Waals surface area contributed by atoms with Crippen LogP contribution >= 0.6 is 11.3 Å². The van der Waals surface area contributed by atoms with Crippen molar-refractivity contribution in [1.82, 2.24) is 14.8 Å². The van der Waals surface area contributed by atoms with Crippen LogP contribution in [-0.4, -0.2) is 58.6 Å². The minimum atomic E-state index is -0.478. The molecule has 1 fully saturated rings. The number of aliphatic imine (C=N–C) groups is 1. The molecule has 7 nitrogen and oxygen atoms in total. The Bertz CT molecular complexity index is 649. The summed E-state index contributed by atoms with van der Waals surface area (Å²) in [6.07, 6.45) is -0.273. The SMILES string of the molecule is CC(C)(C)OC(=O)N1CCN(C(N)=NCc2csc(C(C)(C)C)n2)CC1. The predicted octanol–water partition coefficient (Wildman–Crippen LogP) is 2.81. The monoisotopic (exact) mass is 381 g/mol. The quantitative estimate of drug-likeness (QED) is 0.629. The van der Waals surface area contributed by atoms with E-state index >= 15 is 0 Å². The van der Waals surface area contributed by atoms with Crippen LogP contribution in [0.1, 0.15) is 52.2 Å². The fraction of sp³-hybridized carbons (Fsp3) is 0.722. The molecule has 0 unspecified atom stereocenters. The maximum Gasteiger partial charge on any atom is 0.410 e. The van der Waals surface area contributed by atoms with E-state index in [0.29, 0.717) is 38.7 Å². The van der Waals surface area contributed by atoms with Gasteiger partial charge in [-0.1, -0.05) is 20.8 Å². The molecule has 0 aromatic carbocycles. The first-order valence-corrected chi connectivity index (χ1v) is 9.81. The van der Waals surface area contributed by atoms with Gasteiger partial charge < -0.3 is 20.3 Å². The third-order valence-electron chi connectivity index (χ3n) is 3.85. The average Bonchev–Trinajstić information content (AvgIpc) is 3.00. The zero-order valence-corrected chi connectivity index (χ0v) is 17.5. The fourth-order valence-electron chi connectivity index (χ4n) is 2.43. The summed E-state index contributed by atoms with van der Waals surface area (Å²) >= 11 is 1.66. The Morgan fingerprint density at radius 3 is 2.27 bits per heavy atom. The highest BCUT2D eigenvalue weighted by atomic mass is 32.1. The summed E-state index contributed by atoms with van der Waals surface area (Å²) in [5, 5.41) is 3.14. The first-order chi connectivity index (χ1) is 12.0. The van der Waals surface area contributed by atoms with E-state index in [4.69, 9.17) is 10.5 Å². The highest BCUT2D eigenvalue weighted by Gasteiger charge is 2.26. The van der Waals surface area contributed by atoms with E-state index in [1.165, 1.54) is 0 Å².